The maximum Gasteiger partial charge on any atom is 0.227 e. The maximum absolute atomic E-state index is 12.6. The lowest BCUT2D eigenvalue weighted by Crippen LogP contribution is -2.38. The van der Waals surface area contributed by atoms with Gasteiger partial charge in [0.25, 0.3) is 0 Å². The van der Waals surface area contributed by atoms with Gasteiger partial charge in [-0.25, -0.2) is 0 Å². The minimum atomic E-state index is -0.112. The molecule has 2 aromatic rings. The number of ether oxygens (including phenoxy) is 1. The quantitative estimate of drug-likeness (QED) is 0.899. The van der Waals surface area contributed by atoms with Gasteiger partial charge in [-0.15, -0.1) is 0 Å². The van der Waals surface area contributed by atoms with Crippen LogP contribution in [0.15, 0.2) is 42.5 Å². The first-order valence-electron chi connectivity index (χ1n) is 8.89. The number of nitrogens with zero attached hydrogens (tertiary/aromatic N) is 1. The van der Waals surface area contributed by atoms with E-state index in [-0.39, 0.29) is 24.7 Å². The monoisotopic (exact) mass is 352 g/mol. The number of hydrogen-bond acceptors (Lipinski definition) is 3. The maximum atomic E-state index is 12.6. The van der Waals surface area contributed by atoms with Crippen molar-refractivity contribution in [2.24, 2.45) is 0 Å². The Hall–Kier alpha value is -2.82. The summed E-state index contributed by atoms with van der Waals surface area (Å²) in [6, 6.07) is 13.7. The van der Waals surface area contributed by atoms with E-state index < -0.39 is 0 Å². The van der Waals surface area contributed by atoms with E-state index in [1.54, 1.807) is 4.90 Å². The Morgan fingerprint density at radius 2 is 1.92 bits per heavy atom. The summed E-state index contributed by atoms with van der Waals surface area (Å²) in [6.07, 6.45) is 0.371. The van der Waals surface area contributed by atoms with E-state index in [0.717, 1.165) is 28.1 Å². The molecule has 0 unspecified atom stereocenters. The van der Waals surface area contributed by atoms with Gasteiger partial charge in [0.2, 0.25) is 11.8 Å². The summed E-state index contributed by atoms with van der Waals surface area (Å²) in [6.45, 7) is 5.47. The van der Waals surface area contributed by atoms with Gasteiger partial charge in [0.05, 0.1) is 12.2 Å². The van der Waals surface area contributed by atoms with Gasteiger partial charge in [0.15, 0.2) is 0 Å². The van der Waals surface area contributed by atoms with E-state index in [9.17, 15) is 9.59 Å². The molecule has 0 spiro atoms. The molecule has 26 heavy (non-hydrogen) atoms. The van der Waals surface area contributed by atoms with Crippen molar-refractivity contribution in [1.29, 1.82) is 0 Å². The molecular weight excluding hydrogens is 328 g/mol. The first kappa shape index (κ1) is 18.0. The van der Waals surface area contributed by atoms with Crippen molar-refractivity contribution < 1.29 is 14.3 Å². The minimum absolute atomic E-state index is 0.0498. The zero-order valence-corrected chi connectivity index (χ0v) is 15.2. The van der Waals surface area contributed by atoms with Gasteiger partial charge in [-0.05, 0) is 42.7 Å². The molecule has 1 aliphatic rings. The number of aryl methyl sites for hydroxylation is 2. The number of fused-ring (bicyclic) bond motifs is 1. The largest absolute Gasteiger partial charge is 0.490 e. The molecule has 0 aliphatic carbocycles. The van der Waals surface area contributed by atoms with Crippen LogP contribution in [-0.4, -0.2) is 25.0 Å². The molecule has 2 aromatic carbocycles. The number of anilines is 1. The van der Waals surface area contributed by atoms with E-state index in [2.05, 4.69) is 5.32 Å². The zero-order valence-electron chi connectivity index (χ0n) is 15.2. The van der Waals surface area contributed by atoms with Gasteiger partial charge in [0, 0.05) is 19.4 Å². The summed E-state index contributed by atoms with van der Waals surface area (Å²) in [5, 5.41) is 2.89. The van der Waals surface area contributed by atoms with Gasteiger partial charge in [-0.2, -0.15) is 0 Å². The van der Waals surface area contributed by atoms with Crippen molar-refractivity contribution in [2.75, 3.05) is 18.1 Å². The molecule has 0 aromatic heterocycles. The van der Waals surface area contributed by atoms with Gasteiger partial charge in [-0.1, -0.05) is 30.3 Å². The fourth-order valence-corrected chi connectivity index (χ4v) is 3.03. The lowest BCUT2D eigenvalue weighted by Gasteiger charge is -2.30. The second-order valence-corrected chi connectivity index (χ2v) is 6.57. The molecule has 0 atom stereocenters. The highest BCUT2D eigenvalue weighted by atomic mass is 16.5. The third-order valence-electron chi connectivity index (χ3n) is 4.58. The lowest BCUT2D eigenvalue weighted by molar-refractivity contribution is -0.125. The smallest absolute Gasteiger partial charge is 0.227 e. The Morgan fingerprint density at radius 1 is 1.12 bits per heavy atom. The molecule has 0 radical (unpaired) electrons. The van der Waals surface area contributed by atoms with Crippen molar-refractivity contribution in [2.45, 2.75) is 33.2 Å². The van der Waals surface area contributed by atoms with Crippen LogP contribution >= 0.6 is 0 Å². The molecule has 5 nitrogen and oxygen atoms in total. The van der Waals surface area contributed by atoms with Crippen molar-refractivity contribution in [3.8, 4) is 5.75 Å². The SMILES string of the molecule is Cc1ccc2c(c1)N(C(=O)CCC(=O)NCc1ccccc1C)CCO2. The molecule has 0 saturated carbocycles. The highest BCUT2D eigenvalue weighted by molar-refractivity contribution is 5.97. The molecule has 0 saturated heterocycles. The third-order valence-corrected chi connectivity index (χ3v) is 4.58. The highest BCUT2D eigenvalue weighted by Gasteiger charge is 2.24. The second-order valence-electron chi connectivity index (χ2n) is 6.57. The fraction of sp³-hybridized carbons (Fsp3) is 0.333. The van der Waals surface area contributed by atoms with Crippen molar-refractivity contribution in [3.63, 3.8) is 0 Å². The van der Waals surface area contributed by atoms with Crippen molar-refractivity contribution in [3.05, 3.63) is 59.2 Å². The molecule has 1 N–H and O–H groups in total. The number of hydrogen-bond donors (Lipinski definition) is 1. The third kappa shape index (κ3) is 4.23. The van der Waals surface area contributed by atoms with Crippen LogP contribution < -0.4 is 15.0 Å². The molecule has 2 amide bonds. The predicted molar refractivity (Wildman–Crippen MR) is 101 cm³/mol. The Labute approximate surface area is 154 Å². The molecule has 136 valence electrons. The van der Waals surface area contributed by atoms with E-state index in [1.165, 1.54) is 0 Å². The normalized spacial score (nSPS) is 12.9. The fourth-order valence-electron chi connectivity index (χ4n) is 3.03. The number of rotatable bonds is 5. The summed E-state index contributed by atoms with van der Waals surface area (Å²) < 4.78 is 5.61. The predicted octanol–water partition coefficient (Wildman–Crippen LogP) is 3.13. The Balaban J connectivity index is 1.54. The average Bonchev–Trinajstić information content (AvgIpc) is 2.65. The summed E-state index contributed by atoms with van der Waals surface area (Å²) in [5.74, 6) is 0.560. The molecule has 0 bridgehead atoms. The van der Waals surface area contributed by atoms with Crippen molar-refractivity contribution >= 4 is 17.5 Å². The first-order chi connectivity index (χ1) is 12.5. The topological polar surface area (TPSA) is 58.6 Å². The minimum Gasteiger partial charge on any atom is -0.490 e. The second kappa shape index (κ2) is 8.04. The van der Waals surface area contributed by atoms with E-state index >= 15 is 0 Å². The van der Waals surface area contributed by atoms with E-state index in [4.69, 9.17) is 4.74 Å². The first-order valence-corrected chi connectivity index (χ1v) is 8.89. The summed E-state index contributed by atoms with van der Waals surface area (Å²) >= 11 is 0. The van der Waals surface area contributed by atoms with Crippen LogP contribution in [0.25, 0.3) is 0 Å². The number of amides is 2. The van der Waals surface area contributed by atoms with Crippen molar-refractivity contribution in [1.82, 2.24) is 5.32 Å². The van der Waals surface area contributed by atoms with E-state index in [1.807, 2.05) is 56.3 Å². The van der Waals surface area contributed by atoms with Crippen LogP contribution in [0.2, 0.25) is 0 Å². The van der Waals surface area contributed by atoms with Crippen LogP contribution in [0.1, 0.15) is 29.5 Å². The number of nitrogens with one attached hydrogen (secondary N) is 1. The summed E-state index contributed by atoms with van der Waals surface area (Å²) in [5.41, 5.74) is 4.10. The molecule has 3 rings (SSSR count). The summed E-state index contributed by atoms with van der Waals surface area (Å²) in [4.78, 5) is 26.4. The molecule has 5 heteroatoms. The van der Waals surface area contributed by atoms with Gasteiger partial charge in [-0.3, -0.25) is 9.59 Å². The standard InChI is InChI=1S/C21H24N2O3/c1-15-7-8-19-18(13-15)23(11-12-26-19)21(25)10-9-20(24)22-14-17-6-4-3-5-16(17)2/h3-8,13H,9-12,14H2,1-2H3,(H,22,24). The average molecular weight is 352 g/mol. The lowest BCUT2D eigenvalue weighted by atomic mass is 10.1. The van der Waals surface area contributed by atoms with E-state index in [0.29, 0.717) is 19.7 Å². The number of carbonyl (C=O) groups excluding carboxylic acids is 2. The molecule has 1 heterocycles. The number of carbonyl (C=O) groups is 2. The molecular formula is C21H24N2O3. The van der Waals surface area contributed by atoms with Crippen LogP contribution in [-0.2, 0) is 16.1 Å². The molecule has 1 aliphatic heterocycles. The highest BCUT2D eigenvalue weighted by Crippen LogP contribution is 2.32. The Kier molecular flexibility index (Phi) is 5.56. The number of benzene rings is 2. The van der Waals surface area contributed by atoms with Gasteiger partial charge >= 0.3 is 0 Å². The molecule has 0 fully saturated rings. The van der Waals surface area contributed by atoms with Gasteiger partial charge < -0.3 is 15.0 Å². The Morgan fingerprint density at radius 3 is 2.73 bits per heavy atom. The van der Waals surface area contributed by atoms with Crippen LogP contribution in [0.5, 0.6) is 5.75 Å². The van der Waals surface area contributed by atoms with Crippen LogP contribution in [0, 0.1) is 13.8 Å². The summed E-state index contributed by atoms with van der Waals surface area (Å²) in [7, 11) is 0. The Bertz CT molecular complexity index is 817. The van der Waals surface area contributed by atoms with Gasteiger partial charge in [0.1, 0.15) is 12.4 Å². The van der Waals surface area contributed by atoms with Crippen LogP contribution in [0.3, 0.4) is 0 Å². The van der Waals surface area contributed by atoms with Crippen LogP contribution in [0.4, 0.5) is 5.69 Å². The zero-order chi connectivity index (χ0) is 18.5.